The molecule has 0 atom stereocenters. The van der Waals surface area contributed by atoms with Crippen LogP contribution in [0, 0.1) is 0 Å². The minimum absolute atomic E-state index is 0.223. The van der Waals surface area contributed by atoms with Gasteiger partial charge in [0.2, 0.25) is 0 Å². The lowest BCUT2D eigenvalue weighted by Gasteiger charge is -1.98. The summed E-state index contributed by atoms with van der Waals surface area (Å²) < 4.78 is 4.50. The van der Waals surface area contributed by atoms with E-state index in [1.807, 2.05) is 35.7 Å². The van der Waals surface area contributed by atoms with Crippen molar-refractivity contribution >= 4 is 46.4 Å². The molecule has 0 unspecified atom stereocenters. The number of nitrogens with zero attached hydrogens (tertiary/aromatic N) is 2. The van der Waals surface area contributed by atoms with Crippen LogP contribution in [0.4, 0.5) is 0 Å². The first-order valence-electron chi connectivity index (χ1n) is 7.19. The maximum Gasteiger partial charge on any atom is 0.331 e. The Balaban J connectivity index is 1.70. The van der Waals surface area contributed by atoms with Gasteiger partial charge in [-0.05, 0) is 40.4 Å². The van der Waals surface area contributed by atoms with Gasteiger partial charge in [-0.3, -0.25) is 10.1 Å². The number of rotatable bonds is 4. The lowest BCUT2D eigenvalue weighted by molar-refractivity contribution is -0.135. The van der Waals surface area contributed by atoms with Gasteiger partial charge in [-0.1, -0.05) is 24.3 Å². The van der Waals surface area contributed by atoms with Crippen molar-refractivity contribution < 1.29 is 14.3 Å². The van der Waals surface area contributed by atoms with E-state index in [1.165, 1.54) is 12.0 Å². The normalized spacial score (nSPS) is 17.4. The number of carbonyl (C=O) groups is 2. The summed E-state index contributed by atoms with van der Waals surface area (Å²) in [4.78, 5) is 24.3. The summed E-state index contributed by atoms with van der Waals surface area (Å²) in [6, 6.07) is 12.0. The first-order valence-corrected chi connectivity index (χ1v) is 8.89. The van der Waals surface area contributed by atoms with Crippen molar-refractivity contribution in [2.75, 3.05) is 7.11 Å². The van der Waals surface area contributed by atoms with Gasteiger partial charge in [-0.2, -0.15) is 5.10 Å². The largest absolute Gasteiger partial charge is 0.466 e. The summed E-state index contributed by atoms with van der Waals surface area (Å²) in [5.74, 6) is -0.989. The number of carbonyl (C=O) groups excluding carboxylic acids is 2. The van der Waals surface area contributed by atoms with Crippen LogP contribution in [-0.2, 0) is 14.3 Å². The number of benzene rings is 1. The molecule has 6 nitrogen and oxygen atoms in total. The summed E-state index contributed by atoms with van der Waals surface area (Å²) in [5.41, 5.74) is 2.01. The summed E-state index contributed by atoms with van der Waals surface area (Å²) in [6.07, 6.45) is 2.73. The molecule has 1 aromatic heterocycles. The molecule has 1 aliphatic heterocycles. The number of amidine groups is 1. The molecular weight excluding hydrogens is 358 g/mol. The van der Waals surface area contributed by atoms with Crippen LogP contribution in [0.25, 0.3) is 10.4 Å². The fraction of sp³-hybridized carbons (Fsp3) is 0.0588. The smallest absolute Gasteiger partial charge is 0.331 e. The van der Waals surface area contributed by atoms with Gasteiger partial charge in [-0.25, -0.2) is 4.79 Å². The molecule has 0 bridgehead atoms. The van der Waals surface area contributed by atoms with Gasteiger partial charge in [0.15, 0.2) is 5.17 Å². The summed E-state index contributed by atoms with van der Waals surface area (Å²) >= 11 is 2.71. The fourth-order valence-corrected chi connectivity index (χ4v) is 3.47. The lowest BCUT2D eigenvalue weighted by Crippen LogP contribution is -2.19. The van der Waals surface area contributed by atoms with Crippen molar-refractivity contribution in [3.05, 3.63) is 58.3 Å². The van der Waals surface area contributed by atoms with Gasteiger partial charge in [0.05, 0.1) is 18.2 Å². The average molecular weight is 371 g/mol. The zero-order valence-corrected chi connectivity index (χ0v) is 14.8. The summed E-state index contributed by atoms with van der Waals surface area (Å²) in [6.45, 7) is 0. The molecule has 3 rings (SSSR count). The molecule has 2 heterocycles. The quantitative estimate of drug-likeness (QED) is 0.388. The fourth-order valence-electron chi connectivity index (χ4n) is 2.00. The van der Waals surface area contributed by atoms with Gasteiger partial charge in [0.25, 0.3) is 5.91 Å². The number of hydrogen-bond donors (Lipinski definition) is 1. The van der Waals surface area contributed by atoms with E-state index >= 15 is 0 Å². The van der Waals surface area contributed by atoms with Crippen molar-refractivity contribution in [1.29, 1.82) is 0 Å². The third-order valence-electron chi connectivity index (χ3n) is 3.15. The highest BCUT2D eigenvalue weighted by molar-refractivity contribution is 8.18. The van der Waals surface area contributed by atoms with E-state index in [-0.39, 0.29) is 4.91 Å². The molecule has 2 aromatic rings. The number of methoxy groups -OCH3 is 1. The van der Waals surface area contributed by atoms with Gasteiger partial charge in [0.1, 0.15) is 0 Å². The van der Waals surface area contributed by atoms with Crippen LogP contribution < -0.4 is 5.32 Å². The predicted molar refractivity (Wildman–Crippen MR) is 101 cm³/mol. The van der Waals surface area contributed by atoms with Gasteiger partial charge < -0.3 is 4.74 Å². The molecule has 25 heavy (non-hydrogen) atoms. The second-order valence-electron chi connectivity index (χ2n) is 4.84. The van der Waals surface area contributed by atoms with Crippen molar-refractivity contribution in [2.45, 2.75) is 0 Å². The van der Waals surface area contributed by atoms with E-state index in [4.69, 9.17) is 0 Å². The van der Waals surface area contributed by atoms with Crippen molar-refractivity contribution in [3.8, 4) is 10.4 Å². The van der Waals surface area contributed by atoms with E-state index in [1.54, 1.807) is 17.6 Å². The number of nitrogens with one attached hydrogen (secondary N) is 1. The zero-order chi connectivity index (χ0) is 17.6. The van der Waals surface area contributed by atoms with E-state index in [0.717, 1.165) is 29.0 Å². The highest BCUT2D eigenvalue weighted by Gasteiger charge is 2.24. The summed E-state index contributed by atoms with van der Waals surface area (Å²) in [5, 5.41) is 12.9. The molecular formula is C17H13N3O3S2. The van der Waals surface area contributed by atoms with Crippen LogP contribution in [0.2, 0.25) is 0 Å². The standard InChI is InChI=1S/C17H13N3O3S2/c1-23-15(21)9-14-16(22)19-17(25-14)20-18-10-11-4-2-5-12(8-11)13-6-3-7-24-13/h2-10H,1H3,(H,19,20,22)/b14-9+,18-10?. The van der Waals surface area contributed by atoms with Crippen LogP contribution in [0.15, 0.2) is 63.0 Å². The second-order valence-corrected chi connectivity index (χ2v) is 6.82. The minimum Gasteiger partial charge on any atom is -0.466 e. The Bertz CT molecular complexity index is 886. The van der Waals surface area contributed by atoms with Gasteiger partial charge in [-0.15, -0.1) is 16.4 Å². The van der Waals surface area contributed by atoms with Crippen molar-refractivity contribution in [3.63, 3.8) is 0 Å². The number of amides is 1. The van der Waals surface area contributed by atoms with Crippen LogP contribution in [0.1, 0.15) is 5.56 Å². The third kappa shape index (κ3) is 4.43. The maximum absolute atomic E-state index is 11.7. The number of ether oxygens (including phenoxy) is 1. The lowest BCUT2D eigenvalue weighted by atomic mass is 10.1. The molecule has 0 aliphatic carbocycles. The van der Waals surface area contributed by atoms with Crippen molar-refractivity contribution in [2.24, 2.45) is 10.2 Å². The number of thioether (sulfide) groups is 1. The van der Waals surface area contributed by atoms with Gasteiger partial charge >= 0.3 is 5.97 Å². The predicted octanol–water partition coefficient (Wildman–Crippen LogP) is 3.02. The first-order chi connectivity index (χ1) is 12.2. The Morgan fingerprint density at radius 2 is 2.16 bits per heavy atom. The van der Waals surface area contributed by atoms with Crippen molar-refractivity contribution in [1.82, 2.24) is 5.32 Å². The molecule has 8 heteroatoms. The number of hydrogen-bond acceptors (Lipinski definition) is 7. The zero-order valence-electron chi connectivity index (χ0n) is 13.1. The van der Waals surface area contributed by atoms with Crippen LogP contribution in [-0.4, -0.2) is 30.4 Å². The van der Waals surface area contributed by atoms with Gasteiger partial charge in [0, 0.05) is 11.0 Å². The molecule has 0 spiro atoms. The Morgan fingerprint density at radius 3 is 2.92 bits per heavy atom. The molecule has 1 aromatic carbocycles. The Morgan fingerprint density at radius 1 is 1.28 bits per heavy atom. The topological polar surface area (TPSA) is 80.1 Å². The monoisotopic (exact) mass is 371 g/mol. The Labute approximate surface area is 152 Å². The molecule has 1 fully saturated rings. The molecule has 0 saturated carbocycles. The van der Waals surface area contributed by atoms with Crippen LogP contribution >= 0.6 is 23.1 Å². The van der Waals surface area contributed by atoms with E-state index in [2.05, 4.69) is 26.3 Å². The minimum atomic E-state index is -0.590. The average Bonchev–Trinajstić information content (AvgIpc) is 3.26. The van der Waals surface area contributed by atoms with E-state index in [0.29, 0.717) is 5.17 Å². The molecule has 1 amide bonds. The SMILES string of the molecule is COC(=O)/C=C1/S/C(=N\N=Cc2cccc(-c3cccs3)c2)NC1=O. The maximum atomic E-state index is 11.7. The second kappa shape index (κ2) is 7.91. The first kappa shape index (κ1) is 17.1. The third-order valence-corrected chi connectivity index (χ3v) is 4.97. The molecule has 1 saturated heterocycles. The summed E-state index contributed by atoms with van der Waals surface area (Å²) in [7, 11) is 1.25. The molecule has 126 valence electrons. The molecule has 1 aliphatic rings. The molecule has 0 radical (unpaired) electrons. The number of thiophene rings is 1. The van der Waals surface area contributed by atoms with Crippen LogP contribution in [0.5, 0.6) is 0 Å². The Hall–Kier alpha value is -2.71. The highest BCUT2D eigenvalue weighted by Crippen LogP contribution is 2.25. The highest BCUT2D eigenvalue weighted by atomic mass is 32.2. The Kier molecular flexibility index (Phi) is 5.42. The van der Waals surface area contributed by atoms with E-state index in [9.17, 15) is 9.59 Å². The molecule has 1 N–H and O–H groups in total. The number of esters is 1. The van der Waals surface area contributed by atoms with Crippen LogP contribution in [0.3, 0.4) is 0 Å². The van der Waals surface area contributed by atoms with E-state index < -0.39 is 11.9 Å².